The van der Waals surface area contributed by atoms with E-state index in [1.165, 1.54) is 0 Å². The number of pyridine rings is 1. The molecule has 0 saturated carbocycles. The summed E-state index contributed by atoms with van der Waals surface area (Å²) in [6.45, 7) is 8.18. The molecule has 2 amide bonds. The summed E-state index contributed by atoms with van der Waals surface area (Å²) in [7, 11) is 0. The van der Waals surface area contributed by atoms with Gasteiger partial charge in [-0.3, -0.25) is 14.6 Å². The smallest absolute Gasteiger partial charge is 0.250 e. The number of aryl methyl sites for hydroxylation is 1. The van der Waals surface area contributed by atoms with Crippen molar-refractivity contribution in [2.24, 2.45) is 5.73 Å². The molecule has 3 rings (SSSR count). The van der Waals surface area contributed by atoms with Gasteiger partial charge in [-0.05, 0) is 31.5 Å². The fraction of sp³-hybridized carbons (Fsp3) is 0.304. The summed E-state index contributed by atoms with van der Waals surface area (Å²) in [6, 6.07) is 10.9. The molecule has 0 aliphatic rings. The zero-order valence-electron chi connectivity index (χ0n) is 17.7. The molecule has 1 atom stereocenters. The second-order valence-electron chi connectivity index (χ2n) is 7.63. The van der Waals surface area contributed by atoms with Gasteiger partial charge in [-0.1, -0.05) is 38.1 Å². The van der Waals surface area contributed by atoms with Crippen molar-refractivity contribution in [2.45, 2.75) is 46.2 Å². The third kappa shape index (κ3) is 4.56. The van der Waals surface area contributed by atoms with Gasteiger partial charge in [0, 0.05) is 30.4 Å². The van der Waals surface area contributed by atoms with Gasteiger partial charge in [-0.2, -0.15) is 0 Å². The standard InChI is InChI=1S/C23H27N5O2/c1-14(2)22-25-11-12-28(22)16(4)23(30)26-13-17-5-7-18(8-6-17)20-10-9-19(21(24)29)15(3)27-20/h5-12,14,16H,13H2,1-4H3,(H2,24,29)(H,26,30). The molecule has 1 aromatic carbocycles. The Bertz CT molecular complexity index is 1050. The predicted molar refractivity (Wildman–Crippen MR) is 116 cm³/mol. The zero-order valence-corrected chi connectivity index (χ0v) is 17.7. The number of nitrogens with one attached hydrogen (secondary N) is 1. The number of primary amides is 1. The van der Waals surface area contributed by atoms with E-state index in [4.69, 9.17) is 5.73 Å². The molecule has 0 radical (unpaired) electrons. The first kappa shape index (κ1) is 21.2. The monoisotopic (exact) mass is 405 g/mol. The molecule has 0 spiro atoms. The van der Waals surface area contributed by atoms with Gasteiger partial charge < -0.3 is 15.6 Å². The van der Waals surface area contributed by atoms with Crippen LogP contribution in [0.5, 0.6) is 0 Å². The van der Waals surface area contributed by atoms with Crippen LogP contribution in [-0.2, 0) is 11.3 Å². The van der Waals surface area contributed by atoms with Gasteiger partial charge in [-0.25, -0.2) is 4.98 Å². The van der Waals surface area contributed by atoms with Gasteiger partial charge in [0.15, 0.2) is 0 Å². The highest BCUT2D eigenvalue weighted by molar-refractivity contribution is 5.94. The lowest BCUT2D eigenvalue weighted by molar-refractivity contribution is -0.124. The number of hydrogen-bond acceptors (Lipinski definition) is 4. The van der Waals surface area contributed by atoms with Crippen LogP contribution < -0.4 is 11.1 Å². The van der Waals surface area contributed by atoms with Gasteiger partial charge in [0.05, 0.1) is 17.0 Å². The Hall–Kier alpha value is -3.48. The summed E-state index contributed by atoms with van der Waals surface area (Å²) < 4.78 is 1.91. The first-order valence-electron chi connectivity index (χ1n) is 9.95. The Balaban J connectivity index is 1.65. The van der Waals surface area contributed by atoms with Crippen molar-refractivity contribution in [3.8, 4) is 11.3 Å². The van der Waals surface area contributed by atoms with E-state index in [9.17, 15) is 9.59 Å². The van der Waals surface area contributed by atoms with Gasteiger partial charge in [-0.15, -0.1) is 0 Å². The minimum Gasteiger partial charge on any atom is -0.366 e. The number of rotatable bonds is 7. The molecule has 0 aliphatic heterocycles. The fourth-order valence-corrected chi connectivity index (χ4v) is 3.34. The van der Waals surface area contributed by atoms with Crippen molar-refractivity contribution in [3.63, 3.8) is 0 Å². The van der Waals surface area contributed by atoms with Crippen LogP contribution in [-0.4, -0.2) is 26.3 Å². The van der Waals surface area contributed by atoms with Crippen molar-refractivity contribution in [2.75, 3.05) is 0 Å². The Kier molecular flexibility index (Phi) is 6.30. The highest BCUT2D eigenvalue weighted by Crippen LogP contribution is 2.20. The molecule has 7 nitrogen and oxygen atoms in total. The van der Waals surface area contributed by atoms with Crippen LogP contribution in [0.2, 0.25) is 0 Å². The molecule has 0 aliphatic carbocycles. The number of carbonyl (C=O) groups is 2. The topological polar surface area (TPSA) is 103 Å². The van der Waals surface area contributed by atoms with Crippen molar-refractivity contribution < 1.29 is 9.59 Å². The average molecular weight is 406 g/mol. The third-order valence-electron chi connectivity index (χ3n) is 5.08. The van der Waals surface area contributed by atoms with Gasteiger partial charge in [0.1, 0.15) is 11.9 Å². The van der Waals surface area contributed by atoms with E-state index in [0.29, 0.717) is 17.8 Å². The number of benzene rings is 1. The molecule has 1 unspecified atom stereocenters. The maximum Gasteiger partial charge on any atom is 0.250 e. The van der Waals surface area contributed by atoms with E-state index in [-0.39, 0.29) is 17.9 Å². The van der Waals surface area contributed by atoms with Crippen molar-refractivity contribution in [3.05, 3.63) is 71.4 Å². The van der Waals surface area contributed by atoms with Crippen molar-refractivity contribution in [1.29, 1.82) is 0 Å². The summed E-state index contributed by atoms with van der Waals surface area (Å²) in [5, 5.41) is 2.99. The van der Waals surface area contributed by atoms with E-state index in [1.54, 1.807) is 25.3 Å². The SMILES string of the molecule is Cc1nc(-c2ccc(CNC(=O)C(C)n3ccnc3C(C)C)cc2)ccc1C(N)=O. The Labute approximate surface area is 176 Å². The van der Waals surface area contributed by atoms with Crippen LogP contribution in [0, 0.1) is 6.92 Å². The summed E-state index contributed by atoms with van der Waals surface area (Å²) in [4.78, 5) is 32.8. The fourth-order valence-electron chi connectivity index (χ4n) is 3.34. The quantitative estimate of drug-likeness (QED) is 0.629. The average Bonchev–Trinajstić information content (AvgIpc) is 3.21. The molecule has 0 bridgehead atoms. The van der Waals surface area contributed by atoms with E-state index >= 15 is 0 Å². The molecule has 3 aromatic rings. The summed E-state index contributed by atoms with van der Waals surface area (Å²) >= 11 is 0. The molecule has 0 fully saturated rings. The molecular weight excluding hydrogens is 378 g/mol. The zero-order chi connectivity index (χ0) is 21.8. The first-order valence-corrected chi connectivity index (χ1v) is 9.95. The largest absolute Gasteiger partial charge is 0.366 e. The molecule has 2 heterocycles. The van der Waals surface area contributed by atoms with E-state index in [1.807, 2.05) is 42.0 Å². The summed E-state index contributed by atoms with van der Waals surface area (Å²) in [6.07, 6.45) is 3.57. The van der Waals surface area contributed by atoms with Gasteiger partial charge in [0.2, 0.25) is 5.91 Å². The maximum atomic E-state index is 12.6. The number of amides is 2. The van der Waals surface area contributed by atoms with E-state index in [0.717, 1.165) is 22.6 Å². The Morgan fingerprint density at radius 3 is 2.40 bits per heavy atom. The van der Waals surface area contributed by atoms with Gasteiger partial charge >= 0.3 is 0 Å². The third-order valence-corrected chi connectivity index (χ3v) is 5.08. The number of aromatic nitrogens is 3. The minimum absolute atomic E-state index is 0.0571. The highest BCUT2D eigenvalue weighted by atomic mass is 16.2. The van der Waals surface area contributed by atoms with E-state index in [2.05, 4.69) is 29.1 Å². The van der Waals surface area contributed by atoms with Crippen LogP contribution in [0.4, 0.5) is 0 Å². The minimum atomic E-state index is -0.483. The summed E-state index contributed by atoms with van der Waals surface area (Å²) in [5.74, 6) is 0.602. The molecule has 30 heavy (non-hydrogen) atoms. The lowest BCUT2D eigenvalue weighted by atomic mass is 10.1. The van der Waals surface area contributed by atoms with Crippen LogP contribution in [0.3, 0.4) is 0 Å². The highest BCUT2D eigenvalue weighted by Gasteiger charge is 2.19. The van der Waals surface area contributed by atoms with Crippen LogP contribution in [0.1, 0.15) is 60.2 Å². The molecule has 3 N–H and O–H groups in total. The molecule has 0 saturated heterocycles. The second-order valence-corrected chi connectivity index (χ2v) is 7.63. The molecule has 156 valence electrons. The lowest BCUT2D eigenvalue weighted by Crippen LogP contribution is -2.31. The number of nitrogens with zero attached hydrogens (tertiary/aromatic N) is 3. The van der Waals surface area contributed by atoms with Crippen LogP contribution in [0.25, 0.3) is 11.3 Å². The summed E-state index contributed by atoms with van der Waals surface area (Å²) in [5.41, 5.74) is 9.04. The Morgan fingerprint density at radius 1 is 1.10 bits per heavy atom. The number of carbonyl (C=O) groups excluding carboxylic acids is 2. The van der Waals surface area contributed by atoms with E-state index < -0.39 is 5.91 Å². The number of hydrogen-bond donors (Lipinski definition) is 2. The molecule has 7 heteroatoms. The van der Waals surface area contributed by atoms with Gasteiger partial charge in [0.25, 0.3) is 5.91 Å². The van der Waals surface area contributed by atoms with Crippen molar-refractivity contribution in [1.82, 2.24) is 19.9 Å². The number of imidazole rings is 1. The molecular formula is C23H27N5O2. The Morgan fingerprint density at radius 2 is 1.80 bits per heavy atom. The first-order chi connectivity index (χ1) is 14.3. The maximum absolute atomic E-state index is 12.6. The predicted octanol–water partition coefficient (Wildman–Crippen LogP) is 3.35. The molecule has 2 aromatic heterocycles. The second kappa shape index (κ2) is 8.90. The van der Waals surface area contributed by atoms with Crippen molar-refractivity contribution >= 4 is 11.8 Å². The van der Waals surface area contributed by atoms with Crippen LogP contribution >= 0.6 is 0 Å². The van der Waals surface area contributed by atoms with Crippen LogP contribution in [0.15, 0.2) is 48.8 Å². The lowest BCUT2D eigenvalue weighted by Gasteiger charge is -2.18. The normalized spacial score (nSPS) is 12.0. The number of nitrogens with two attached hydrogens (primary N) is 1.